The summed E-state index contributed by atoms with van der Waals surface area (Å²) in [6.07, 6.45) is 10.00. The minimum absolute atomic E-state index is 0.0300. The van der Waals surface area contributed by atoms with Gasteiger partial charge in [0.05, 0.1) is 5.69 Å². The smallest absolute Gasteiger partial charge is 0.245 e. The van der Waals surface area contributed by atoms with E-state index in [-0.39, 0.29) is 41.5 Å². The summed E-state index contributed by atoms with van der Waals surface area (Å²) in [6, 6.07) is 5.45. The number of amides is 3. The molecule has 5 rings (SSSR count). The van der Waals surface area contributed by atoms with E-state index in [1.807, 2.05) is 20.9 Å². The maximum atomic E-state index is 15.7. The lowest BCUT2D eigenvalue weighted by Crippen LogP contribution is -2.55. The van der Waals surface area contributed by atoms with Crippen molar-refractivity contribution in [3.05, 3.63) is 47.5 Å². The molecule has 1 aromatic carbocycles. The monoisotopic (exact) mass is 650 g/mol. The third kappa shape index (κ3) is 9.06. The van der Waals surface area contributed by atoms with Crippen molar-refractivity contribution in [2.75, 3.05) is 38.5 Å². The Labute approximate surface area is 277 Å². The number of hydrogen-bond donors (Lipinski definition) is 2. The van der Waals surface area contributed by atoms with Crippen molar-refractivity contribution >= 4 is 29.2 Å². The highest BCUT2D eigenvalue weighted by Gasteiger charge is 2.36. The Balaban J connectivity index is 1.32. The van der Waals surface area contributed by atoms with Gasteiger partial charge in [-0.3, -0.25) is 23.9 Å². The number of likely N-dealkylation sites (N-methyl/N-ethyl adjacent to an activating group) is 1. The predicted octanol–water partition coefficient (Wildman–Crippen LogP) is 5.00. The number of aryl methyl sites for hydroxylation is 1. The highest BCUT2D eigenvalue weighted by Crippen LogP contribution is 2.34. The third-order valence-corrected chi connectivity index (χ3v) is 10.4. The molecule has 0 unspecified atom stereocenters. The Morgan fingerprint density at radius 1 is 0.979 bits per heavy atom. The van der Waals surface area contributed by atoms with Gasteiger partial charge < -0.3 is 20.4 Å². The molecule has 0 bridgehead atoms. The van der Waals surface area contributed by atoms with E-state index in [2.05, 4.69) is 20.6 Å². The minimum atomic E-state index is -0.827. The number of ketones is 1. The second kappa shape index (κ2) is 16.0. The molecule has 0 spiro atoms. The first-order valence-corrected chi connectivity index (χ1v) is 17.6. The number of nitrogens with one attached hydrogen (secondary N) is 2. The molecule has 3 atom stereocenters. The second-order valence-electron chi connectivity index (χ2n) is 13.9. The quantitative estimate of drug-likeness (QED) is 0.233. The molecule has 10 nitrogen and oxygen atoms in total. The number of halogens is 1. The fourth-order valence-electron chi connectivity index (χ4n) is 7.09. The van der Waals surface area contributed by atoms with Crippen molar-refractivity contribution in [1.29, 1.82) is 0 Å². The van der Waals surface area contributed by atoms with Crippen LogP contribution in [0.5, 0.6) is 0 Å². The number of piperazine rings is 1. The molecule has 47 heavy (non-hydrogen) atoms. The summed E-state index contributed by atoms with van der Waals surface area (Å²) in [5.41, 5.74) is 1.08. The molecule has 2 saturated carbocycles. The van der Waals surface area contributed by atoms with Crippen LogP contribution in [-0.2, 0) is 20.9 Å². The van der Waals surface area contributed by atoms with E-state index < -0.39 is 23.7 Å². The predicted molar refractivity (Wildman–Crippen MR) is 178 cm³/mol. The number of Topliss-reactive ketones (excluding diaryl/α,β-unsaturated/α-hetero) is 1. The number of anilines is 1. The lowest BCUT2D eigenvalue weighted by molar-refractivity contribution is -0.138. The summed E-state index contributed by atoms with van der Waals surface area (Å²) in [4.78, 5) is 57.7. The van der Waals surface area contributed by atoms with E-state index in [9.17, 15) is 19.2 Å². The molecule has 1 aromatic heterocycles. The Hall–Kier alpha value is -3.60. The lowest BCUT2D eigenvalue weighted by Gasteiger charge is -2.36. The Morgan fingerprint density at radius 2 is 1.68 bits per heavy atom. The van der Waals surface area contributed by atoms with E-state index in [0.717, 1.165) is 64.5 Å². The van der Waals surface area contributed by atoms with Gasteiger partial charge in [0, 0.05) is 63.6 Å². The van der Waals surface area contributed by atoms with Crippen LogP contribution in [0.2, 0.25) is 0 Å². The Kier molecular flexibility index (Phi) is 11.8. The number of carbonyl (C=O) groups is 4. The van der Waals surface area contributed by atoms with Crippen molar-refractivity contribution in [1.82, 2.24) is 24.9 Å². The molecule has 3 fully saturated rings. The molecular formula is C36H51FN6O4. The fraction of sp³-hybridized carbons (Fsp3) is 0.639. The number of aromatic nitrogens is 2. The van der Waals surface area contributed by atoms with Crippen molar-refractivity contribution in [3.8, 4) is 0 Å². The zero-order valence-corrected chi connectivity index (χ0v) is 28.2. The molecule has 0 radical (unpaired) electrons. The number of benzene rings is 1. The van der Waals surface area contributed by atoms with E-state index in [0.29, 0.717) is 43.2 Å². The molecule has 1 saturated heterocycles. The van der Waals surface area contributed by atoms with Crippen LogP contribution in [0.15, 0.2) is 30.5 Å². The first-order valence-electron chi connectivity index (χ1n) is 17.6. The zero-order chi connectivity index (χ0) is 33.5. The minimum Gasteiger partial charge on any atom is -0.344 e. The SMILES string of the molecule is CCn1nccc1C(=O)C[C@H](C(=O)Nc1ccc([C@H](C)[C@@H](NC(=O)CC2CC2)C(=O)N2CCN(C)CC2)cc1F)C1CCCCCC1. The van der Waals surface area contributed by atoms with E-state index in [4.69, 9.17) is 0 Å². The first-order chi connectivity index (χ1) is 22.6. The van der Waals surface area contributed by atoms with Crippen molar-refractivity contribution < 1.29 is 23.6 Å². The Morgan fingerprint density at radius 3 is 2.32 bits per heavy atom. The van der Waals surface area contributed by atoms with Gasteiger partial charge in [-0.05, 0) is 75.3 Å². The van der Waals surface area contributed by atoms with Crippen LogP contribution in [-0.4, -0.2) is 82.4 Å². The molecule has 1 aliphatic heterocycles. The average molecular weight is 651 g/mol. The number of hydrogen-bond acceptors (Lipinski definition) is 6. The molecule has 11 heteroatoms. The maximum Gasteiger partial charge on any atom is 0.245 e. The van der Waals surface area contributed by atoms with Crippen LogP contribution >= 0.6 is 0 Å². The van der Waals surface area contributed by atoms with Crippen molar-refractivity contribution in [2.24, 2.45) is 17.8 Å². The average Bonchev–Trinajstić information content (AvgIpc) is 3.81. The number of nitrogens with zero attached hydrogens (tertiary/aromatic N) is 4. The van der Waals surface area contributed by atoms with E-state index >= 15 is 4.39 Å². The first kappa shape index (κ1) is 34.7. The topological polar surface area (TPSA) is 117 Å². The third-order valence-electron chi connectivity index (χ3n) is 10.4. The summed E-state index contributed by atoms with van der Waals surface area (Å²) in [6.45, 7) is 6.94. The highest BCUT2D eigenvalue weighted by atomic mass is 19.1. The molecule has 2 N–H and O–H groups in total. The summed E-state index contributed by atoms with van der Waals surface area (Å²) in [5.74, 6) is -2.12. The number of rotatable bonds is 13. The molecule has 2 aliphatic carbocycles. The molecule has 256 valence electrons. The van der Waals surface area contributed by atoms with Crippen LogP contribution in [0.4, 0.5) is 10.1 Å². The van der Waals surface area contributed by atoms with Gasteiger partial charge in [-0.15, -0.1) is 0 Å². The molecule has 2 aromatic rings. The fourth-order valence-corrected chi connectivity index (χ4v) is 7.09. The standard InChI is InChI=1S/C36H51FN6O4/c1-4-43-31(15-16-38-43)32(44)23-28(26-9-7-5-6-8-10-26)35(46)39-30-14-13-27(22-29(30)37)24(2)34(40-33(45)21-25-11-12-25)36(47)42-19-17-41(3)18-20-42/h13-16,22,24-26,28,34H,4-12,17-21,23H2,1-3H3,(H,39,46)(H,40,45)/t24-,28-,34+/m0/s1. The summed E-state index contributed by atoms with van der Waals surface area (Å²) in [5, 5.41) is 10.0. The highest BCUT2D eigenvalue weighted by molar-refractivity contribution is 6.00. The zero-order valence-electron chi connectivity index (χ0n) is 28.2. The normalized spacial score (nSPS) is 19.8. The number of carbonyl (C=O) groups excluding carboxylic acids is 4. The Bertz CT molecular complexity index is 1410. The summed E-state index contributed by atoms with van der Waals surface area (Å²) in [7, 11) is 2.01. The maximum absolute atomic E-state index is 15.7. The van der Waals surface area contributed by atoms with E-state index in [1.54, 1.807) is 27.9 Å². The molecular weight excluding hydrogens is 599 g/mol. The van der Waals surface area contributed by atoms with Gasteiger partial charge in [-0.1, -0.05) is 38.7 Å². The van der Waals surface area contributed by atoms with Crippen molar-refractivity contribution in [2.45, 2.75) is 96.6 Å². The molecule has 3 amide bonds. The molecule has 2 heterocycles. The largest absolute Gasteiger partial charge is 0.344 e. The lowest BCUT2D eigenvalue weighted by atomic mass is 9.81. The van der Waals surface area contributed by atoms with Gasteiger partial charge in [0.15, 0.2) is 5.78 Å². The van der Waals surface area contributed by atoms with E-state index in [1.165, 1.54) is 12.1 Å². The summed E-state index contributed by atoms with van der Waals surface area (Å²) < 4.78 is 17.4. The van der Waals surface area contributed by atoms with Gasteiger partial charge in [0.2, 0.25) is 17.7 Å². The van der Waals surface area contributed by atoms with Crippen LogP contribution < -0.4 is 10.6 Å². The van der Waals surface area contributed by atoms with Gasteiger partial charge in [0.25, 0.3) is 0 Å². The van der Waals surface area contributed by atoms with Crippen LogP contribution in [0, 0.1) is 23.6 Å². The summed E-state index contributed by atoms with van der Waals surface area (Å²) >= 11 is 0. The van der Waals surface area contributed by atoms with Crippen LogP contribution in [0.1, 0.15) is 100 Å². The van der Waals surface area contributed by atoms with Crippen LogP contribution in [0.25, 0.3) is 0 Å². The van der Waals surface area contributed by atoms with Crippen molar-refractivity contribution in [3.63, 3.8) is 0 Å². The van der Waals surface area contributed by atoms with Gasteiger partial charge in [-0.2, -0.15) is 5.10 Å². The van der Waals surface area contributed by atoms with Gasteiger partial charge >= 0.3 is 0 Å². The second-order valence-corrected chi connectivity index (χ2v) is 13.9. The van der Waals surface area contributed by atoms with Gasteiger partial charge in [-0.25, -0.2) is 4.39 Å². The molecule has 3 aliphatic rings. The van der Waals surface area contributed by atoms with Gasteiger partial charge in [0.1, 0.15) is 17.6 Å². The van der Waals surface area contributed by atoms with Crippen LogP contribution in [0.3, 0.4) is 0 Å².